The fourth-order valence-electron chi connectivity index (χ4n) is 2.73. The van der Waals surface area contributed by atoms with Crippen LogP contribution in [0.2, 0.25) is 0 Å². The molecule has 0 bridgehead atoms. The lowest BCUT2D eigenvalue weighted by molar-refractivity contribution is -0.106. The summed E-state index contributed by atoms with van der Waals surface area (Å²) < 4.78 is 0. The lowest BCUT2D eigenvalue weighted by atomic mass is 9.45. The Labute approximate surface area is 57.6 Å². The lowest BCUT2D eigenvalue weighted by Crippen LogP contribution is -2.51. The third-order valence-electron chi connectivity index (χ3n) is 3.85. The Balaban J connectivity index is 2.02. The van der Waals surface area contributed by atoms with E-state index in [2.05, 4.69) is 13.8 Å². The van der Waals surface area contributed by atoms with Crippen molar-refractivity contribution in [3.05, 3.63) is 0 Å². The van der Waals surface area contributed by atoms with Crippen molar-refractivity contribution in [3.8, 4) is 0 Å². The number of fused-ring (bicyclic) bond motifs is 1. The van der Waals surface area contributed by atoms with Crippen molar-refractivity contribution < 1.29 is 0 Å². The average Bonchev–Trinajstić information content (AvgIpc) is 1.82. The van der Waals surface area contributed by atoms with Crippen LogP contribution in [-0.2, 0) is 0 Å². The van der Waals surface area contributed by atoms with Crippen LogP contribution in [0, 0.1) is 17.3 Å². The fourth-order valence-corrected chi connectivity index (χ4v) is 2.73. The number of rotatable bonds is 1. The summed E-state index contributed by atoms with van der Waals surface area (Å²) in [6.07, 6.45) is 6.03. The van der Waals surface area contributed by atoms with E-state index in [4.69, 9.17) is 0 Å². The zero-order valence-corrected chi connectivity index (χ0v) is 6.48. The summed E-state index contributed by atoms with van der Waals surface area (Å²) in [5.41, 5.74) is 0.781. The number of hydrogen-bond donors (Lipinski definition) is 0. The SMILES string of the molecule is CCC1(C)CC2CCC21. The van der Waals surface area contributed by atoms with Crippen LogP contribution in [-0.4, -0.2) is 0 Å². The molecule has 9 heavy (non-hydrogen) atoms. The molecule has 2 aliphatic carbocycles. The summed E-state index contributed by atoms with van der Waals surface area (Å²) in [6.45, 7) is 4.81. The van der Waals surface area contributed by atoms with Gasteiger partial charge >= 0.3 is 0 Å². The summed E-state index contributed by atoms with van der Waals surface area (Å²) in [5, 5.41) is 0. The summed E-state index contributed by atoms with van der Waals surface area (Å²) in [7, 11) is 0. The molecule has 52 valence electrons. The van der Waals surface area contributed by atoms with Gasteiger partial charge in [-0.3, -0.25) is 0 Å². The van der Waals surface area contributed by atoms with Crippen molar-refractivity contribution in [2.24, 2.45) is 17.3 Å². The van der Waals surface area contributed by atoms with Crippen LogP contribution in [0.3, 0.4) is 0 Å². The van der Waals surface area contributed by atoms with Gasteiger partial charge in [-0.2, -0.15) is 0 Å². The molecular formula is C9H16. The van der Waals surface area contributed by atoms with E-state index < -0.39 is 0 Å². The summed E-state index contributed by atoms with van der Waals surface area (Å²) >= 11 is 0. The molecule has 0 N–H and O–H groups in total. The molecule has 2 fully saturated rings. The van der Waals surface area contributed by atoms with Crippen LogP contribution in [0.25, 0.3) is 0 Å². The summed E-state index contributed by atoms with van der Waals surface area (Å²) in [5.74, 6) is 2.30. The highest BCUT2D eigenvalue weighted by atomic mass is 14.6. The molecule has 0 spiro atoms. The molecule has 3 atom stereocenters. The molecule has 0 aromatic rings. The standard InChI is InChI=1S/C9H16/c1-3-9(2)6-7-4-5-8(7)9/h7-8H,3-6H2,1-2H3. The second-order valence-corrected chi connectivity index (χ2v) is 4.16. The van der Waals surface area contributed by atoms with Gasteiger partial charge in [0.25, 0.3) is 0 Å². The van der Waals surface area contributed by atoms with E-state index in [0.29, 0.717) is 0 Å². The van der Waals surface area contributed by atoms with E-state index in [1.165, 1.54) is 19.3 Å². The first-order valence-corrected chi connectivity index (χ1v) is 4.26. The molecule has 2 saturated carbocycles. The molecule has 0 aromatic carbocycles. The first kappa shape index (κ1) is 5.76. The maximum absolute atomic E-state index is 2.47. The van der Waals surface area contributed by atoms with Gasteiger partial charge in [-0.05, 0) is 36.5 Å². The van der Waals surface area contributed by atoms with Gasteiger partial charge in [0.1, 0.15) is 0 Å². The Bertz CT molecular complexity index is 128. The van der Waals surface area contributed by atoms with Gasteiger partial charge in [0.15, 0.2) is 0 Å². The zero-order chi connectivity index (χ0) is 6.48. The van der Waals surface area contributed by atoms with Gasteiger partial charge in [0.05, 0.1) is 0 Å². The van der Waals surface area contributed by atoms with Gasteiger partial charge in [-0.25, -0.2) is 0 Å². The Morgan fingerprint density at radius 2 is 2.22 bits per heavy atom. The maximum atomic E-state index is 2.47. The fraction of sp³-hybridized carbons (Fsp3) is 1.00. The molecule has 3 unspecified atom stereocenters. The third-order valence-corrected chi connectivity index (χ3v) is 3.85. The molecule has 2 aliphatic rings. The summed E-state index contributed by atoms with van der Waals surface area (Å²) in [6, 6.07) is 0. The minimum atomic E-state index is 0.781. The lowest BCUT2D eigenvalue weighted by Gasteiger charge is -2.60. The Hall–Kier alpha value is 0. The van der Waals surface area contributed by atoms with Crippen LogP contribution in [0.1, 0.15) is 39.5 Å². The highest BCUT2D eigenvalue weighted by Crippen LogP contribution is 2.63. The second-order valence-electron chi connectivity index (χ2n) is 4.16. The van der Waals surface area contributed by atoms with Crippen molar-refractivity contribution in [1.82, 2.24) is 0 Å². The van der Waals surface area contributed by atoms with E-state index in [1.807, 2.05) is 0 Å². The molecule has 0 heterocycles. The molecular weight excluding hydrogens is 108 g/mol. The molecule has 0 aromatic heterocycles. The number of hydrogen-bond acceptors (Lipinski definition) is 0. The van der Waals surface area contributed by atoms with E-state index in [1.54, 1.807) is 6.42 Å². The van der Waals surface area contributed by atoms with Crippen LogP contribution in [0.5, 0.6) is 0 Å². The van der Waals surface area contributed by atoms with Gasteiger partial charge in [-0.15, -0.1) is 0 Å². The van der Waals surface area contributed by atoms with E-state index in [9.17, 15) is 0 Å². The van der Waals surface area contributed by atoms with E-state index in [0.717, 1.165) is 17.3 Å². The van der Waals surface area contributed by atoms with E-state index in [-0.39, 0.29) is 0 Å². The largest absolute Gasteiger partial charge is 0.0649 e. The van der Waals surface area contributed by atoms with Crippen LogP contribution >= 0.6 is 0 Å². The first-order valence-electron chi connectivity index (χ1n) is 4.26. The maximum Gasteiger partial charge on any atom is -0.0295 e. The molecule has 0 nitrogen and oxygen atoms in total. The van der Waals surface area contributed by atoms with Crippen molar-refractivity contribution in [2.75, 3.05) is 0 Å². The van der Waals surface area contributed by atoms with Crippen molar-refractivity contribution in [1.29, 1.82) is 0 Å². The predicted octanol–water partition coefficient (Wildman–Crippen LogP) is 2.83. The molecule has 0 aliphatic heterocycles. The zero-order valence-electron chi connectivity index (χ0n) is 6.48. The van der Waals surface area contributed by atoms with Gasteiger partial charge in [0.2, 0.25) is 0 Å². The first-order chi connectivity index (χ1) is 4.26. The van der Waals surface area contributed by atoms with Crippen molar-refractivity contribution in [2.45, 2.75) is 39.5 Å². The topological polar surface area (TPSA) is 0 Å². The van der Waals surface area contributed by atoms with E-state index >= 15 is 0 Å². The Morgan fingerprint density at radius 1 is 1.44 bits per heavy atom. The van der Waals surface area contributed by atoms with Gasteiger partial charge in [0, 0.05) is 0 Å². The third kappa shape index (κ3) is 0.544. The quantitative estimate of drug-likeness (QED) is 0.504. The predicted molar refractivity (Wildman–Crippen MR) is 39.2 cm³/mol. The highest BCUT2D eigenvalue weighted by Gasteiger charge is 2.53. The minimum absolute atomic E-state index is 0.781. The normalized spacial score (nSPS) is 55.3. The Kier molecular flexibility index (Phi) is 0.980. The van der Waals surface area contributed by atoms with Crippen molar-refractivity contribution >= 4 is 0 Å². The van der Waals surface area contributed by atoms with Crippen LogP contribution in [0.4, 0.5) is 0 Å². The van der Waals surface area contributed by atoms with Crippen molar-refractivity contribution in [3.63, 3.8) is 0 Å². The Morgan fingerprint density at radius 3 is 2.33 bits per heavy atom. The molecule has 0 saturated heterocycles. The summed E-state index contributed by atoms with van der Waals surface area (Å²) in [4.78, 5) is 0. The van der Waals surface area contributed by atoms with Crippen LogP contribution in [0.15, 0.2) is 0 Å². The highest BCUT2D eigenvalue weighted by molar-refractivity contribution is 5.03. The smallest absolute Gasteiger partial charge is 0.0295 e. The monoisotopic (exact) mass is 124 g/mol. The molecule has 0 heteroatoms. The molecule has 0 amide bonds. The van der Waals surface area contributed by atoms with Crippen LogP contribution < -0.4 is 0 Å². The second kappa shape index (κ2) is 1.53. The average molecular weight is 124 g/mol. The van der Waals surface area contributed by atoms with Gasteiger partial charge in [-0.1, -0.05) is 20.3 Å². The molecule has 2 rings (SSSR count). The van der Waals surface area contributed by atoms with Gasteiger partial charge < -0.3 is 0 Å². The minimum Gasteiger partial charge on any atom is -0.0649 e. The molecule has 0 radical (unpaired) electrons.